The van der Waals surface area contributed by atoms with Crippen LogP contribution in [0.15, 0.2) is 66.7 Å². The lowest BCUT2D eigenvalue weighted by Gasteiger charge is -2.13. The molecule has 1 atom stereocenters. The molecule has 0 saturated carbocycles. The van der Waals surface area contributed by atoms with Crippen molar-refractivity contribution in [2.75, 3.05) is 18.4 Å². The van der Waals surface area contributed by atoms with E-state index in [1.54, 1.807) is 0 Å². The van der Waals surface area contributed by atoms with Crippen LogP contribution in [0, 0.1) is 5.82 Å². The zero-order valence-electron chi connectivity index (χ0n) is 15.6. The summed E-state index contributed by atoms with van der Waals surface area (Å²) in [6.07, 6.45) is 0. The number of carbonyl (C=O) groups excluding carboxylic acids is 2. The van der Waals surface area contributed by atoms with Crippen LogP contribution in [0.4, 0.5) is 10.1 Å². The Morgan fingerprint density at radius 2 is 1.68 bits per heavy atom. The molecule has 6 heteroatoms. The van der Waals surface area contributed by atoms with Gasteiger partial charge in [-0.25, -0.2) is 4.39 Å². The smallest absolute Gasteiger partial charge is 0.275 e. The predicted molar refractivity (Wildman–Crippen MR) is 107 cm³/mol. The SMILES string of the molecule is C[C@@H]([NH2+]CC(=O)NCC(=O)Nc1ccc(F)cc1)c1cccc2ccccc12. The van der Waals surface area contributed by atoms with Crippen LogP contribution in [0.3, 0.4) is 0 Å². The topological polar surface area (TPSA) is 74.8 Å². The van der Waals surface area contributed by atoms with Crippen LogP contribution in [0.5, 0.6) is 0 Å². The number of rotatable bonds is 7. The molecule has 0 aliphatic rings. The van der Waals surface area contributed by atoms with Crippen LogP contribution in [-0.2, 0) is 9.59 Å². The Hall–Kier alpha value is -3.25. The van der Waals surface area contributed by atoms with Crippen LogP contribution >= 0.6 is 0 Å². The predicted octanol–water partition coefficient (Wildman–Crippen LogP) is 2.36. The van der Waals surface area contributed by atoms with E-state index in [1.807, 2.05) is 23.5 Å². The van der Waals surface area contributed by atoms with Gasteiger partial charge in [-0.15, -0.1) is 0 Å². The van der Waals surface area contributed by atoms with Crippen molar-refractivity contribution in [2.24, 2.45) is 0 Å². The van der Waals surface area contributed by atoms with E-state index in [9.17, 15) is 14.0 Å². The number of nitrogens with one attached hydrogen (secondary N) is 2. The van der Waals surface area contributed by atoms with Gasteiger partial charge in [0.1, 0.15) is 11.9 Å². The van der Waals surface area contributed by atoms with Gasteiger partial charge in [-0.05, 0) is 42.0 Å². The van der Waals surface area contributed by atoms with Gasteiger partial charge < -0.3 is 16.0 Å². The van der Waals surface area contributed by atoms with Crippen molar-refractivity contribution >= 4 is 28.3 Å². The maximum absolute atomic E-state index is 12.9. The number of benzene rings is 3. The van der Waals surface area contributed by atoms with E-state index < -0.39 is 0 Å². The fourth-order valence-corrected chi connectivity index (χ4v) is 3.05. The Balaban J connectivity index is 1.47. The molecule has 0 bridgehead atoms. The minimum atomic E-state index is -0.373. The third-order valence-corrected chi connectivity index (χ3v) is 4.54. The number of anilines is 1. The quantitative estimate of drug-likeness (QED) is 0.589. The number of hydrogen-bond acceptors (Lipinski definition) is 2. The highest BCUT2D eigenvalue weighted by molar-refractivity contribution is 5.94. The number of carbonyl (C=O) groups is 2. The first kappa shape index (κ1) is 19.5. The number of amides is 2. The molecule has 3 aromatic rings. The highest BCUT2D eigenvalue weighted by Gasteiger charge is 2.14. The first-order valence-corrected chi connectivity index (χ1v) is 9.16. The summed E-state index contributed by atoms with van der Waals surface area (Å²) in [5, 5.41) is 9.49. The third-order valence-electron chi connectivity index (χ3n) is 4.54. The molecule has 4 N–H and O–H groups in total. The summed E-state index contributed by atoms with van der Waals surface area (Å²) in [5.41, 5.74) is 1.65. The van der Waals surface area contributed by atoms with E-state index in [0.29, 0.717) is 5.69 Å². The van der Waals surface area contributed by atoms with E-state index in [0.717, 1.165) is 0 Å². The Labute approximate surface area is 162 Å². The molecule has 0 radical (unpaired) electrons. The van der Waals surface area contributed by atoms with Crippen molar-refractivity contribution in [2.45, 2.75) is 13.0 Å². The van der Waals surface area contributed by atoms with Gasteiger partial charge in [0, 0.05) is 11.3 Å². The highest BCUT2D eigenvalue weighted by atomic mass is 19.1. The average molecular weight is 380 g/mol. The fraction of sp³-hybridized carbons (Fsp3) is 0.182. The summed E-state index contributed by atoms with van der Waals surface area (Å²) in [6, 6.07) is 19.9. The monoisotopic (exact) mass is 380 g/mol. The highest BCUT2D eigenvalue weighted by Crippen LogP contribution is 2.21. The zero-order chi connectivity index (χ0) is 19.9. The van der Waals surface area contributed by atoms with E-state index >= 15 is 0 Å². The summed E-state index contributed by atoms with van der Waals surface area (Å²) in [7, 11) is 0. The molecule has 2 amide bonds. The largest absolute Gasteiger partial charge is 0.342 e. The first-order chi connectivity index (χ1) is 13.5. The average Bonchev–Trinajstić information content (AvgIpc) is 2.71. The van der Waals surface area contributed by atoms with Gasteiger partial charge in [0.05, 0.1) is 6.54 Å². The molecule has 28 heavy (non-hydrogen) atoms. The van der Waals surface area contributed by atoms with Crippen molar-refractivity contribution in [3.63, 3.8) is 0 Å². The minimum Gasteiger partial charge on any atom is -0.342 e. The lowest BCUT2D eigenvalue weighted by molar-refractivity contribution is -0.682. The molecule has 0 spiro atoms. The van der Waals surface area contributed by atoms with Crippen molar-refractivity contribution < 1.29 is 19.3 Å². The van der Waals surface area contributed by atoms with Crippen LogP contribution < -0.4 is 16.0 Å². The summed E-state index contributed by atoms with van der Waals surface area (Å²) < 4.78 is 12.9. The molecule has 0 saturated heterocycles. The Morgan fingerprint density at radius 1 is 0.964 bits per heavy atom. The first-order valence-electron chi connectivity index (χ1n) is 9.16. The van der Waals surface area contributed by atoms with Gasteiger partial charge >= 0.3 is 0 Å². The van der Waals surface area contributed by atoms with Crippen molar-refractivity contribution in [1.82, 2.24) is 5.32 Å². The summed E-state index contributed by atoms with van der Waals surface area (Å²) in [6.45, 7) is 2.14. The van der Waals surface area contributed by atoms with Crippen LogP contribution in [0.2, 0.25) is 0 Å². The molecule has 0 heterocycles. The van der Waals surface area contributed by atoms with E-state index in [-0.39, 0.29) is 36.8 Å². The normalized spacial score (nSPS) is 11.8. The van der Waals surface area contributed by atoms with Gasteiger partial charge in [0.25, 0.3) is 5.91 Å². The van der Waals surface area contributed by atoms with E-state index in [2.05, 4.69) is 41.8 Å². The Kier molecular flexibility index (Phi) is 6.34. The van der Waals surface area contributed by atoms with Gasteiger partial charge in [0.15, 0.2) is 6.54 Å². The molecule has 0 unspecified atom stereocenters. The second-order valence-electron chi connectivity index (χ2n) is 6.63. The summed E-state index contributed by atoms with van der Waals surface area (Å²) >= 11 is 0. The Morgan fingerprint density at radius 3 is 2.46 bits per heavy atom. The maximum atomic E-state index is 12.9. The van der Waals surface area contributed by atoms with Crippen molar-refractivity contribution in [1.29, 1.82) is 0 Å². The molecule has 144 valence electrons. The van der Waals surface area contributed by atoms with Crippen LogP contribution in [0.25, 0.3) is 10.8 Å². The number of fused-ring (bicyclic) bond motifs is 1. The number of quaternary nitrogens is 1. The standard InChI is InChI=1S/C22H22FN3O2/c1-15(19-8-4-6-16-5-2-3-7-20(16)19)24-13-21(27)25-14-22(28)26-18-11-9-17(23)10-12-18/h2-12,15,24H,13-14H2,1H3,(H,25,27)(H,26,28)/p+1/t15-/m1/s1. The van der Waals surface area contributed by atoms with Gasteiger partial charge in [0.2, 0.25) is 5.91 Å². The number of hydrogen-bond donors (Lipinski definition) is 3. The molecular formula is C22H23FN3O2+. The van der Waals surface area contributed by atoms with Crippen LogP contribution in [-0.4, -0.2) is 24.9 Å². The molecule has 0 aromatic heterocycles. The fourth-order valence-electron chi connectivity index (χ4n) is 3.05. The molecular weight excluding hydrogens is 357 g/mol. The second-order valence-corrected chi connectivity index (χ2v) is 6.63. The Bertz CT molecular complexity index is 968. The molecule has 0 aliphatic carbocycles. The number of halogens is 1. The number of nitrogens with two attached hydrogens (primary N) is 1. The van der Waals surface area contributed by atoms with Gasteiger partial charge in [-0.2, -0.15) is 0 Å². The summed E-state index contributed by atoms with van der Waals surface area (Å²) in [5.74, 6) is -0.953. The van der Waals surface area contributed by atoms with Crippen LogP contribution in [0.1, 0.15) is 18.5 Å². The van der Waals surface area contributed by atoms with E-state index in [4.69, 9.17) is 0 Å². The maximum Gasteiger partial charge on any atom is 0.275 e. The third kappa shape index (κ3) is 5.14. The van der Waals surface area contributed by atoms with Crippen molar-refractivity contribution in [3.8, 4) is 0 Å². The molecule has 5 nitrogen and oxygen atoms in total. The molecule has 3 aromatic carbocycles. The lowest BCUT2D eigenvalue weighted by atomic mass is 10.00. The van der Waals surface area contributed by atoms with E-state index in [1.165, 1.54) is 40.6 Å². The summed E-state index contributed by atoms with van der Waals surface area (Å²) in [4.78, 5) is 24.0. The van der Waals surface area contributed by atoms with Gasteiger partial charge in [-0.3, -0.25) is 9.59 Å². The second kappa shape index (κ2) is 9.10. The minimum absolute atomic E-state index is 0.102. The zero-order valence-corrected chi connectivity index (χ0v) is 15.6. The van der Waals surface area contributed by atoms with Gasteiger partial charge in [-0.1, -0.05) is 42.5 Å². The lowest BCUT2D eigenvalue weighted by Crippen LogP contribution is -2.87. The molecule has 3 rings (SSSR count). The molecule has 0 aliphatic heterocycles. The molecule has 0 fully saturated rings. The van der Waals surface area contributed by atoms with Crippen molar-refractivity contribution in [3.05, 3.63) is 78.1 Å².